The van der Waals surface area contributed by atoms with E-state index in [1.54, 1.807) is 0 Å². The number of nitrogens with two attached hydrogens (primary N) is 1. The molecule has 2 nitrogen and oxygen atoms in total. The van der Waals surface area contributed by atoms with E-state index in [4.69, 9.17) is 11.0 Å². The van der Waals surface area contributed by atoms with Gasteiger partial charge in [0.25, 0.3) is 0 Å². The highest BCUT2D eigenvalue weighted by molar-refractivity contribution is 7.81. The van der Waals surface area contributed by atoms with Crippen LogP contribution in [0.5, 0.6) is 0 Å². The molecule has 68 valence electrons. The van der Waals surface area contributed by atoms with Crippen molar-refractivity contribution in [1.29, 1.82) is 5.26 Å². The van der Waals surface area contributed by atoms with E-state index in [1.165, 1.54) is 0 Å². The molecule has 0 aromatic heterocycles. The molecule has 0 fully saturated rings. The number of nitriles is 1. The average Bonchev–Trinajstić information content (AvgIpc) is 2.19. The van der Waals surface area contributed by atoms with Gasteiger partial charge in [0.05, 0.1) is 11.3 Å². The smallest absolute Gasteiger partial charge is 0.0905 e. The first-order chi connectivity index (χ1) is 6.24. The number of rotatable bonds is 3. The summed E-state index contributed by atoms with van der Waals surface area (Å²) in [5, 5.41) is 8.27. The van der Waals surface area contributed by atoms with E-state index in [1.807, 2.05) is 36.4 Å². The van der Waals surface area contributed by atoms with Crippen LogP contribution in [0.15, 0.2) is 30.3 Å². The first-order valence-electron chi connectivity index (χ1n) is 4.12. The molecule has 0 spiro atoms. The highest BCUT2D eigenvalue weighted by Gasteiger charge is 2.09. The lowest BCUT2D eigenvalue weighted by Gasteiger charge is -2.11. The minimum Gasteiger partial charge on any atom is -0.324 e. The summed E-state index contributed by atoms with van der Waals surface area (Å²) >= 11 is 4.08. The lowest BCUT2D eigenvalue weighted by atomic mass is 10.0. The molecule has 0 radical (unpaired) electrons. The number of hydrogen-bond donors (Lipinski definition) is 2. The molecule has 3 heteroatoms. The second kappa shape index (κ2) is 4.90. The molecular formula is C10H12N2S. The van der Waals surface area contributed by atoms with Gasteiger partial charge in [-0.25, -0.2) is 0 Å². The van der Waals surface area contributed by atoms with E-state index >= 15 is 0 Å². The van der Waals surface area contributed by atoms with Crippen molar-refractivity contribution < 1.29 is 0 Å². The van der Waals surface area contributed by atoms with Crippen molar-refractivity contribution in [3.05, 3.63) is 35.9 Å². The summed E-state index contributed by atoms with van der Waals surface area (Å²) in [6.45, 7) is 0. The van der Waals surface area contributed by atoms with Gasteiger partial charge in [0, 0.05) is 6.04 Å². The van der Waals surface area contributed by atoms with Gasteiger partial charge in [0.2, 0.25) is 0 Å². The van der Waals surface area contributed by atoms with E-state index in [2.05, 4.69) is 12.6 Å². The van der Waals surface area contributed by atoms with Crippen LogP contribution < -0.4 is 5.73 Å². The van der Waals surface area contributed by atoms with Crippen LogP contribution in [0.3, 0.4) is 0 Å². The van der Waals surface area contributed by atoms with Crippen molar-refractivity contribution in [2.24, 2.45) is 5.73 Å². The Bertz CT molecular complexity index is 292. The Hall–Kier alpha value is -0.980. The predicted molar refractivity (Wildman–Crippen MR) is 56.4 cm³/mol. The van der Waals surface area contributed by atoms with Crippen LogP contribution in [0, 0.1) is 11.3 Å². The lowest BCUT2D eigenvalue weighted by Crippen LogP contribution is -2.14. The van der Waals surface area contributed by atoms with E-state index < -0.39 is 0 Å². The van der Waals surface area contributed by atoms with Gasteiger partial charge in [-0.2, -0.15) is 17.9 Å². The summed E-state index contributed by atoms with van der Waals surface area (Å²) in [6.07, 6.45) is 0.587. The third-order valence-electron chi connectivity index (χ3n) is 1.85. The second-order valence-corrected chi connectivity index (χ2v) is 3.52. The summed E-state index contributed by atoms with van der Waals surface area (Å²) < 4.78 is 0. The Labute approximate surface area is 83.8 Å². The molecule has 0 bridgehead atoms. The van der Waals surface area contributed by atoms with Gasteiger partial charge in [0.15, 0.2) is 0 Å². The Morgan fingerprint density at radius 3 is 2.54 bits per heavy atom. The zero-order valence-electron chi connectivity index (χ0n) is 7.22. The van der Waals surface area contributed by atoms with Crippen LogP contribution in [0.2, 0.25) is 0 Å². The summed E-state index contributed by atoms with van der Waals surface area (Å²) in [5.74, 6) is 0. The summed E-state index contributed by atoms with van der Waals surface area (Å²) in [6, 6.07) is 11.7. The van der Waals surface area contributed by atoms with Crippen molar-refractivity contribution in [3.8, 4) is 6.07 Å². The van der Waals surface area contributed by atoms with Gasteiger partial charge in [0.1, 0.15) is 0 Å². The second-order valence-electron chi connectivity index (χ2n) is 2.90. The molecule has 2 atom stereocenters. The molecule has 0 aliphatic rings. The average molecular weight is 192 g/mol. The third kappa shape index (κ3) is 3.10. The highest BCUT2D eigenvalue weighted by Crippen LogP contribution is 2.17. The molecule has 13 heavy (non-hydrogen) atoms. The van der Waals surface area contributed by atoms with Crippen LogP contribution in [-0.4, -0.2) is 5.25 Å². The monoisotopic (exact) mass is 192 g/mol. The normalized spacial score (nSPS) is 14.5. The maximum absolute atomic E-state index is 8.55. The largest absolute Gasteiger partial charge is 0.324 e. The quantitative estimate of drug-likeness (QED) is 0.719. The SMILES string of the molecule is N#CC(S)CC(N)c1ccccc1. The van der Waals surface area contributed by atoms with Crippen LogP contribution in [0.4, 0.5) is 0 Å². The number of benzene rings is 1. The van der Waals surface area contributed by atoms with Crippen LogP contribution in [0.25, 0.3) is 0 Å². The molecule has 1 aromatic rings. The van der Waals surface area contributed by atoms with Crippen LogP contribution in [-0.2, 0) is 0 Å². The van der Waals surface area contributed by atoms with Crippen molar-refractivity contribution in [1.82, 2.24) is 0 Å². The van der Waals surface area contributed by atoms with E-state index in [9.17, 15) is 0 Å². The Kier molecular flexibility index (Phi) is 3.81. The fourth-order valence-electron chi connectivity index (χ4n) is 1.13. The summed E-state index contributed by atoms with van der Waals surface area (Å²) in [7, 11) is 0. The maximum Gasteiger partial charge on any atom is 0.0905 e. The van der Waals surface area contributed by atoms with Gasteiger partial charge >= 0.3 is 0 Å². The zero-order valence-corrected chi connectivity index (χ0v) is 8.11. The molecule has 2 N–H and O–H groups in total. The fourth-order valence-corrected chi connectivity index (χ4v) is 1.36. The van der Waals surface area contributed by atoms with Gasteiger partial charge in [-0.15, -0.1) is 0 Å². The van der Waals surface area contributed by atoms with Gasteiger partial charge in [-0.3, -0.25) is 0 Å². The van der Waals surface area contributed by atoms with Gasteiger partial charge in [-0.1, -0.05) is 30.3 Å². The molecule has 1 rings (SSSR count). The molecule has 0 aliphatic heterocycles. The molecular weight excluding hydrogens is 180 g/mol. The van der Waals surface area contributed by atoms with E-state index in [0.717, 1.165) is 5.56 Å². The molecule has 0 saturated heterocycles. The number of hydrogen-bond acceptors (Lipinski definition) is 3. The summed E-state index contributed by atoms with van der Waals surface area (Å²) in [4.78, 5) is 0. The minimum absolute atomic E-state index is 0.0941. The summed E-state index contributed by atoms with van der Waals surface area (Å²) in [5.41, 5.74) is 6.92. The van der Waals surface area contributed by atoms with E-state index in [-0.39, 0.29) is 11.3 Å². The number of nitrogens with zero attached hydrogens (tertiary/aromatic N) is 1. The van der Waals surface area contributed by atoms with Crippen molar-refractivity contribution in [2.45, 2.75) is 17.7 Å². The van der Waals surface area contributed by atoms with E-state index in [0.29, 0.717) is 6.42 Å². The van der Waals surface area contributed by atoms with Gasteiger partial charge < -0.3 is 5.73 Å². The Morgan fingerprint density at radius 2 is 2.00 bits per heavy atom. The van der Waals surface area contributed by atoms with Crippen molar-refractivity contribution in [2.75, 3.05) is 0 Å². The number of thiol groups is 1. The predicted octanol–water partition coefficient (Wildman–Crippen LogP) is 1.90. The lowest BCUT2D eigenvalue weighted by molar-refractivity contribution is 0.674. The topological polar surface area (TPSA) is 49.8 Å². The molecule has 0 amide bonds. The van der Waals surface area contributed by atoms with Crippen molar-refractivity contribution in [3.63, 3.8) is 0 Å². The molecule has 0 saturated carbocycles. The minimum atomic E-state index is -0.282. The fraction of sp³-hybridized carbons (Fsp3) is 0.300. The molecule has 1 aromatic carbocycles. The first-order valence-corrected chi connectivity index (χ1v) is 4.64. The third-order valence-corrected chi connectivity index (χ3v) is 2.18. The van der Waals surface area contributed by atoms with Crippen LogP contribution >= 0.6 is 12.6 Å². The highest BCUT2D eigenvalue weighted by atomic mass is 32.1. The molecule has 2 unspecified atom stereocenters. The van der Waals surface area contributed by atoms with Gasteiger partial charge in [-0.05, 0) is 12.0 Å². The Balaban J connectivity index is 2.60. The first kappa shape index (κ1) is 10.1. The molecule has 0 heterocycles. The maximum atomic E-state index is 8.55. The molecule has 0 aliphatic carbocycles. The zero-order chi connectivity index (χ0) is 9.68. The Morgan fingerprint density at radius 1 is 1.38 bits per heavy atom. The van der Waals surface area contributed by atoms with Crippen LogP contribution in [0.1, 0.15) is 18.0 Å². The van der Waals surface area contributed by atoms with Crippen molar-refractivity contribution >= 4 is 12.6 Å². The standard InChI is InChI=1S/C10H12N2S/c11-7-9(13)6-10(12)8-4-2-1-3-5-8/h1-5,9-10,13H,6,12H2.